The first kappa shape index (κ1) is 11.9. The maximum absolute atomic E-state index is 9.95. The van der Waals surface area contributed by atoms with Gasteiger partial charge >= 0.3 is 0 Å². The quantitative estimate of drug-likeness (QED) is 0.634. The molecule has 1 saturated heterocycles. The lowest BCUT2D eigenvalue weighted by atomic mass is 10.0. The zero-order valence-electron chi connectivity index (χ0n) is 9.40. The summed E-state index contributed by atoms with van der Waals surface area (Å²) in [5.74, 6) is 0. The number of aliphatic hydroxyl groups excluding tert-OH is 1. The molecule has 2 rings (SSSR count). The highest BCUT2D eigenvalue weighted by molar-refractivity contribution is 6.25. The van der Waals surface area contributed by atoms with Crippen LogP contribution in [0.3, 0.4) is 0 Å². The molecule has 1 aromatic carbocycles. The molecule has 3 atom stereocenters. The zero-order chi connectivity index (χ0) is 11.6. The van der Waals surface area contributed by atoms with Crippen LogP contribution < -0.4 is 0 Å². The van der Waals surface area contributed by atoms with Crippen LogP contribution in [0.2, 0.25) is 0 Å². The number of rotatable bonds is 5. The van der Waals surface area contributed by atoms with Gasteiger partial charge in [0.15, 0.2) is 5.06 Å². The minimum Gasteiger partial charge on any atom is -0.389 e. The first-order valence-electron chi connectivity index (χ1n) is 5.75. The van der Waals surface area contributed by atoms with E-state index >= 15 is 0 Å². The van der Waals surface area contributed by atoms with Gasteiger partial charge in [-0.25, -0.2) is 0 Å². The lowest BCUT2D eigenvalue weighted by molar-refractivity contribution is 0.108. The van der Waals surface area contributed by atoms with Gasteiger partial charge in [-0.3, -0.25) is 0 Å². The average Bonchev–Trinajstić information content (AvgIpc) is 3.00. The van der Waals surface area contributed by atoms with Crippen molar-refractivity contribution in [3.63, 3.8) is 0 Å². The molecule has 16 heavy (non-hydrogen) atoms. The van der Waals surface area contributed by atoms with Gasteiger partial charge in [0.05, 0.1) is 6.10 Å². The monoisotopic (exact) mass is 240 g/mol. The highest BCUT2D eigenvalue weighted by Gasteiger charge is 2.58. The number of epoxide rings is 1. The number of hydrogen-bond donors (Lipinski definition) is 1. The minimum atomic E-state index is -0.816. The predicted molar refractivity (Wildman–Crippen MR) is 64.5 cm³/mol. The Labute approximate surface area is 101 Å². The number of aryl methyl sites for hydroxylation is 1. The largest absolute Gasteiger partial charge is 0.389 e. The van der Waals surface area contributed by atoms with E-state index in [4.69, 9.17) is 16.3 Å². The molecule has 1 aliphatic rings. The van der Waals surface area contributed by atoms with Gasteiger partial charge in [0, 0.05) is 0 Å². The molecule has 2 nitrogen and oxygen atoms in total. The van der Waals surface area contributed by atoms with E-state index in [1.165, 1.54) is 5.56 Å². The lowest BCUT2D eigenvalue weighted by Crippen LogP contribution is -2.27. The van der Waals surface area contributed by atoms with Crippen molar-refractivity contribution < 1.29 is 9.84 Å². The van der Waals surface area contributed by atoms with Crippen molar-refractivity contribution in [3.8, 4) is 0 Å². The predicted octanol–water partition coefficient (Wildman–Crippen LogP) is 2.72. The normalized spacial score (nSPS) is 30.1. The number of hydrogen-bond acceptors (Lipinski definition) is 2. The number of benzene rings is 1. The molecule has 1 fully saturated rings. The highest BCUT2D eigenvalue weighted by Crippen LogP contribution is 2.46. The van der Waals surface area contributed by atoms with Crippen molar-refractivity contribution in [2.45, 2.75) is 43.5 Å². The van der Waals surface area contributed by atoms with E-state index in [2.05, 4.69) is 12.1 Å². The van der Waals surface area contributed by atoms with Crippen LogP contribution >= 0.6 is 11.6 Å². The molecular formula is C13H17ClO2. The van der Waals surface area contributed by atoms with Crippen LogP contribution in [-0.2, 0) is 11.2 Å². The second-order valence-electron chi connectivity index (χ2n) is 4.25. The SMILES string of the molecule is CCC1OC1(Cl)C(O)CCc1ccccc1. The topological polar surface area (TPSA) is 32.8 Å². The summed E-state index contributed by atoms with van der Waals surface area (Å²) in [5.41, 5.74) is 1.22. The summed E-state index contributed by atoms with van der Waals surface area (Å²) >= 11 is 6.15. The average molecular weight is 241 g/mol. The molecule has 1 aliphatic heterocycles. The van der Waals surface area contributed by atoms with Crippen LogP contribution in [0, 0.1) is 0 Å². The summed E-state index contributed by atoms with van der Waals surface area (Å²) in [6, 6.07) is 10.1. The molecule has 0 amide bonds. The molecule has 0 aliphatic carbocycles. The van der Waals surface area contributed by atoms with E-state index in [9.17, 15) is 5.11 Å². The Morgan fingerprint density at radius 3 is 2.69 bits per heavy atom. The van der Waals surface area contributed by atoms with Crippen molar-refractivity contribution in [3.05, 3.63) is 35.9 Å². The van der Waals surface area contributed by atoms with Crippen LogP contribution in [0.4, 0.5) is 0 Å². The van der Waals surface area contributed by atoms with E-state index in [0.717, 1.165) is 12.8 Å². The van der Waals surface area contributed by atoms with Gasteiger partial charge in [-0.15, -0.1) is 0 Å². The third-order valence-electron chi connectivity index (χ3n) is 3.08. The molecule has 1 heterocycles. The van der Waals surface area contributed by atoms with Gasteiger partial charge in [0.25, 0.3) is 0 Å². The smallest absolute Gasteiger partial charge is 0.193 e. The second-order valence-corrected chi connectivity index (χ2v) is 4.84. The molecule has 88 valence electrons. The number of halogens is 1. The summed E-state index contributed by atoms with van der Waals surface area (Å²) < 4.78 is 5.32. The van der Waals surface area contributed by atoms with Crippen molar-refractivity contribution in [1.82, 2.24) is 0 Å². The molecule has 3 unspecified atom stereocenters. The molecule has 1 aromatic rings. The highest BCUT2D eigenvalue weighted by atomic mass is 35.5. The lowest BCUT2D eigenvalue weighted by Gasteiger charge is -2.13. The van der Waals surface area contributed by atoms with E-state index in [0.29, 0.717) is 6.42 Å². The van der Waals surface area contributed by atoms with E-state index in [-0.39, 0.29) is 6.10 Å². The fraction of sp³-hybridized carbons (Fsp3) is 0.538. The van der Waals surface area contributed by atoms with Gasteiger partial charge in [-0.1, -0.05) is 48.9 Å². The Kier molecular flexibility index (Phi) is 3.53. The van der Waals surface area contributed by atoms with E-state index < -0.39 is 11.2 Å². The second kappa shape index (κ2) is 4.74. The molecule has 0 radical (unpaired) electrons. The van der Waals surface area contributed by atoms with Crippen LogP contribution in [0.15, 0.2) is 30.3 Å². The maximum atomic E-state index is 9.95. The Balaban J connectivity index is 1.83. The van der Waals surface area contributed by atoms with Crippen molar-refractivity contribution in [2.24, 2.45) is 0 Å². The zero-order valence-corrected chi connectivity index (χ0v) is 10.2. The van der Waals surface area contributed by atoms with Gasteiger partial charge in [0.2, 0.25) is 0 Å². The third kappa shape index (κ3) is 2.40. The molecule has 1 N–H and O–H groups in total. The van der Waals surface area contributed by atoms with Crippen LogP contribution in [0.25, 0.3) is 0 Å². The maximum Gasteiger partial charge on any atom is 0.193 e. The van der Waals surface area contributed by atoms with Crippen molar-refractivity contribution >= 4 is 11.6 Å². The van der Waals surface area contributed by atoms with Gasteiger partial charge in [-0.05, 0) is 24.8 Å². The van der Waals surface area contributed by atoms with Gasteiger partial charge in [0.1, 0.15) is 6.10 Å². The van der Waals surface area contributed by atoms with Gasteiger partial charge < -0.3 is 9.84 Å². The number of ether oxygens (including phenoxy) is 1. The third-order valence-corrected chi connectivity index (χ3v) is 3.66. The molecule has 0 aromatic heterocycles. The first-order valence-corrected chi connectivity index (χ1v) is 6.13. The Morgan fingerprint density at radius 1 is 1.44 bits per heavy atom. The Morgan fingerprint density at radius 2 is 2.12 bits per heavy atom. The number of alkyl halides is 1. The summed E-state index contributed by atoms with van der Waals surface area (Å²) in [4.78, 5) is 0. The van der Waals surface area contributed by atoms with Crippen molar-refractivity contribution in [1.29, 1.82) is 0 Å². The fourth-order valence-electron chi connectivity index (χ4n) is 1.98. The molecule has 0 saturated carbocycles. The molecule has 3 heteroatoms. The van der Waals surface area contributed by atoms with Gasteiger partial charge in [-0.2, -0.15) is 0 Å². The van der Waals surface area contributed by atoms with Crippen molar-refractivity contribution in [2.75, 3.05) is 0 Å². The summed E-state index contributed by atoms with van der Waals surface area (Å²) in [6.07, 6.45) is 1.76. The van der Waals surface area contributed by atoms with E-state index in [1.54, 1.807) is 0 Å². The van der Waals surface area contributed by atoms with E-state index in [1.807, 2.05) is 25.1 Å². The Bertz CT molecular complexity index is 341. The fourth-order valence-corrected chi connectivity index (χ4v) is 2.35. The summed E-state index contributed by atoms with van der Waals surface area (Å²) in [6.45, 7) is 2.01. The van der Waals surface area contributed by atoms with Crippen LogP contribution in [0.1, 0.15) is 25.3 Å². The summed E-state index contributed by atoms with van der Waals surface area (Å²) in [7, 11) is 0. The minimum absolute atomic E-state index is 0.0138. The van der Waals surface area contributed by atoms with Crippen LogP contribution in [-0.4, -0.2) is 22.4 Å². The molecule has 0 bridgehead atoms. The molecular weight excluding hydrogens is 224 g/mol. The number of aliphatic hydroxyl groups is 1. The Hall–Kier alpha value is -0.570. The van der Waals surface area contributed by atoms with Crippen LogP contribution in [0.5, 0.6) is 0 Å². The molecule has 0 spiro atoms. The first-order chi connectivity index (χ1) is 7.66. The summed E-state index contributed by atoms with van der Waals surface area (Å²) in [5, 5.41) is 9.14. The standard InChI is InChI=1S/C13H17ClO2/c1-2-12-13(14,16-12)11(15)9-8-10-6-4-3-5-7-10/h3-7,11-12,15H,2,8-9H2,1H3.